The van der Waals surface area contributed by atoms with Gasteiger partial charge in [-0.25, -0.2) is 15.0 Å². The zero-order chi connectivity index (χ0) is 10.7. The van der Waals surface area contributed by atoms with E-state index in [1.807, 2.05) is 13.0 Å². The lowest BCUT2D eigenvalue weighted by Gasteiger charge is -1.99. The van der Waals surface area contributed by atoms with E-state index in [-0.39, 0.29) is 0 Å². The average molecular weight is 221 g/mol. The molecule has 2 aromatic rings. The van der Waals surface area contributed by atoms with Crippen LogP contribution >= 0.6 is 11.8 Å². The second-order valence-electron chi connectivity index (χ2n) is 2.88. The van der Waals surface area contributed by atoms with Crippen LogP contribution in [0.25, 0.3) is 0 Å². The Kier molecular flexibility index (Phi) is 2.91. The summed E-state index contributed by atoms with van der Waals surface area (Å²) in [7, 11) is 0. The van der Waals surface area contributed by atoms with E-state index in [1.54, 1.807) is 18.3 Å². The first-order valence-electron chi connectivity index (χ1n) is 4.34. The van der Waals surface area contributed by atoms with E-state index < -0.39 is 5.95 Å². The summed E-state index contributed by atoms with van der Waals surface area (Å²) in [6.07, 6.45) is 1.67. The zero-order valence-corrected chi connectivity index (χ0v) is 8.83. The zero-order valence-electron chi connectivity index (χ0n) is 8.01. The van der Waals surface area contributed by atoms with Crippen molar-refractivity contribution in [1.82, 2.24) is 15.0 Å². The normalized spacial score (nSPS) is 10.3. The number of hydrogen-bond acceptors (Lipinski definition) is 4. The van der Waals surface area contributed by atoms with Crippen molar-refractivity contribution in [2.24, 2.45) is 0 Å². The van der Waals surface area contributed by atoms with Crippen LogP contribution in [-0.4, -0.2) is 15.0 Å². The summed E-state index contributed by atoms with van der Waals surface area (Å²) in [5.41, 5.74) is 0.879. The lowest BCUT2D eigenvalue weighted by Crippen LogP contribution is -1.90. The second kappa shape index (κ2) is 4.35. The Morgan fingerprint density at radius 2 is 2.07 bits per heavy atom. The van der Waals surface area contributed by atoms with Crippen LogP contribution in [0.3, 0.4) is 0 Å². The number of rotatable bonds is 2. The van der Waals surface area contributed by atoms with Gasteiger partial charge in [0.25, 0.3) is 0 Å². The molecule has 0 fully saturated rings. The number of pyridine rings is 1. The van der Waals surface area contributed by atoms with E-state index in [1.165, 1.54) is 17.8 Å². The van der Waals surface area contributed by atoms with Crippen molar-refractivity contribution in [3.8, 4) is 0 Å². The molecule has 0 aromatic carbocycles. The smallest absolute Gasteiger partial charge is 0.213 e. The maximum Gasteiger partial charge on any atom is 0.213 e. The first-order chi connectivity index (χ1) is 7.24. The second-order valence-corrected chi connectivity index (χ2v) is 3.87. The standard InChI is InChI=1S/C10H8FN3S/c1-7-5-6-12-10(13-7)15-9-4-2-3-8(11)14-9/h2-6H,1H3. The molecule has 0 radical (unpaired) electrons. The van der Waals surface area contributed by atoms with E-state index in [0.717, 1.165) is 5.69 Å². The van der Waals surface area contributed by atoms with Crippen molar-refractivity contribution in [1.29, 1.82) is 0 Å². The molecule has 0 aliphatic heterocycles. The van der Waals surface area contributed by atoms with Crippen LogP contribution in [0.2, 0.25) is 0 Å². The monoisotopic (exact) mass is 221 g/mol. The van der Waals surface area contributed by atoms with Gasteiger partial charge in [-0.15, -0.1) is 0 Å². The number of aryl methyl sites for hydroxylation is 1. The minimum Gasteiger partial charge on any atom is -0.231 e. The van der Waals surface area contributed by atoms with Gasteiger partial charge in [-0.2, -0.15) is 4.39 Å². The van der Waals surface area contributed by atoms with Gasteiger partial charge in [0, 0.05) is 11.9 Å². The first-order valence-corrected chi connectivity index (χ1v) is 5.16. The first kappa shape index (κ1) is 10.0. The van der Waals surface area contributed by atoms with Crippen LogP contribution in [0.15, 0.2) is 40.6 Å². The van der Waals surface area contributed by atoms with E-state index in [9.17, 15) is 4.39 Å². The summed E-state index contributed by atoms with van der Waals surface area (Å²) in [5.74, 6) is -0.493. The van der Waals surface area contributed by atoms with Gasteiger partial charge in [0.1, 0.15) is 5.03 Å². The van der Waals surface area contributed by atoms with Gasteiger partial charge < -0.3 is 0 Å². The van der Waals surface area contributed by atoms with Crippen LogP contribution in [0.1, 0.15) is 5.69 Å². The SMILES string of the molecule is Cc1ccnc(Sc2cccc(F)n2)n1. The molecule has 0 aliphatic carbocycles. The van der Waals surface area contributed by atoms with Crippen LogP contribution < -0.4 is 0 Å². The fourth-order valence-electron chi connectivity index (χ4n) is 1.02. The van der Waals surface area contributed by atoms with Gasteiger partial charge in [-0.1, -0.05) is 6.07 Å². The summed E-state index contributed by atoms with van der Waals surface area (Å²) < 4.78 is 12.8. The van der Waals surface area contributed by atoms with Crippen LogP contribution in [0.4, 0.5) is 4.39 Å². The van der Waals surface area contributed by atoms with Gasteiger partial charge in [-0.3, -0.25) is 0 Å². The molecular formula is C10H8FN3S. The summed E-state index contributed by atoms with van der Waals surface area (Å²) in [6, 6.07) is 6.45. The predicted octanol–water partition coefficient (Wildman–Crippen LogP) is 2.47. The highest BCUT2D eigenvalue weighted by Gasteiger charge is 2.02. The molecule has 0 saturated heterocycles. The summed E-state index contributed by atoms with van der Waals surface area (Å²) >= 11 is 1.24. The Labute approximate surface area is 90.8 Å². The van der Waals surface area contributed by atoms with E-state index in [4.69, 9.17) is 0 Å². The summed E-state index contributed by atoms with van der Waals surface area (Å²) in [4.78, 5) is 12.0. The third-order valence-corrected chi connectivity index (χ3v) is 2.47. The Balaban J connectivity index is 2.22. The summed E-state index contributed by atoms with van der Waals surface area (Å²) in [5, 5.41) is 1.13. The largest absolute Gasteiger partial charge is 0.231 e. The molecule has 0 aliphatic rings. The van der Waals surface area contributed by atoms with Gasteiger partial charge in [0.2, 0.25) is 5.95 Å². The fraction of sp³-hybridized carbons (Fsp3) is 0.100. The molecule has 0 spiro atoms. The highest BCUT2D eigenvalue weighted by molar-refractivity contribution is 7.99. The molecule has 0 bridgehead atoms. The Morgan fingerprint density at radius 3 is 2.80 bits per heavy atom. The maximum absolute atomic E-state index is 12.8. The molecule has 2 heterocycles. The third-order valence-electron chi connectivity index (χ3n) is 1.66. The number of halogens is 1. The predicted molar refractivity (Wildman–Crippen MR) is 55.1 cm³/mol. The topological polar surface area (TPSA) is 38.7 Å². The molecule has 0 atom stereocenters. The van der Waals surface area contributed by atoms with Crippen molar-refractivity contribution in [3.05, 3.63) is 42.1 Å². The lowest BCUT2D eigenvalue weighted by atomic mass is 10.5. The van der Waals surface area contributed by atoms with Crippen molar-refractivity contribution in [3.63, 3.8) is 0 Å². The molecule has 76 valence electrons. The molecule has 0 saturated carbocycles. The molecule has 2 rings (SSSR count). The molecule has 5 heteroatoms. The van der Waals surface area contributed by atoms with Crippen molar-refractivity contribution in [2.45, 2.75) is 17.1 Å². The maximum atomic E-state index is 12.8. The average Bonchev–Trinajstić information content (AvgIpc) is 2.17. The Hall–Kier alpha value is -1.49. The summed E-state index contributed by atoms with van der Waals surface area (Å²) in [6.45, 7) is 1.88. The van der Waals surface area contributed by atoms with Gasteiger partial charge >= 0.3 is 0 Å². The molecule has 15 heavy (non-hydrogen) atoms. The van der Waals surface area contributed by atoms with Gasteiger partial charge in [0.05, 0.1) is 0 Å². The van der Waals surface area contributed by atoms with Gasteiger partial charge in [-0.05, 0) is 36.9 Å². The van der Waals surface area contributed by atoms with Crippen LogP contribution in [0.5, 0.6) is 0 Å². The minimum absolute atomic E-state index is 0.493. The number of aromatic nitrogens is 3. The number of hydrogen-bond donors (Lipinski definition) is 0. The molecular weight excluding hydrogens is 213 g/mol. The minimum atomic E-state index is -0.493. The van der Waals surface area contributed by atoms with Crippen molar-refractivity contribution < 1.29 is 4.39 Å². The Bertz CT molecular complexity index is 432. The number of nitrogens with zero attached hydrogens (tertiary/aromatic N) is 3. The highest BCUT2D eigenvalue weighted by atomic mass is 32.2. The van der Waals surface area contributed by atoms with Crippen molar-refractivity contribution in [2.75, 3.05) is 0 Å². The van der Waals surface area contributed by atoms with E-state index >= 15 is 0 Å². The lowest BCUT2D eigenvalue weighted by molar-refractivity contribution is 0.572. The fourth-order valence-corrected chi connectivity index (χ4v) is 1.78. The van der Waals surface area contributed by atoms with E-state index in [0.29, 0.717) is 10.2 Å². The molecule has 0 unspecified atom stereocenters. The molecule has 3 nitrogen and oxygen atoms in total. The molecule has 2 aromatic heterocycles. The van der Waals surface area contributed by atoms with Crippen LogP contribution in [0, 0.1) is 12.9 Å². The van der Waals surface area contributed by atoms with Crippen molar-refractivity contribution >= 4 is 11.8 Å². The van der Waals surface area contributed by atoms with Crippen LogP contribution in [-0.2, 0) is 0 Å². The van der Waals surface area contributed by atoms with E-state index in [2.05, 4.69) is 15.0 Å². The Morgan fingerprint density at radius 1 is 1.20 bits per heavy atom. The quantitative estimate of drug-likeness (QED) is 0.577. The molecule has 0 N–H and O–H groups in total. The molecule has 0 amide bonds. The third kappa shape index (κ3) is 2.73. The highest BCUT2D eigenvalue weighted by Crippen LogP contribution is 2.21. The van der Waals surface area contributed by atoms with Gasteiger partial charge in [0.15, 0.2) is 5.16 Å².